The van der Waals surface area contributed by atoms with Crippen molar-refractivity contribution < 1.29 is 13.2 Å². The summed E-state index contributed by atoms with van der Waals surface area (Å²) in [6.07, 6.45) is 1.59. The van der Waals surface area contributed by atoms with Gasteiger partial charge < -0.3 is 0 Å². The highest BCUT2D eigenvalue weighted by Crippen LogP contribution is 2.27. The van der Waals surface area contributed by atoms with Gasteiger partial charge in [0, 0.05) is 0 Å². The van der Waals surface area contributed by atoms with Gasteiger partial charge in [-0.25, -0.2) is 0 Å². The average Bonchev–Trinajstić information content (AvgIpc) is 2.68. The standard InChI is InChI=1S/C11H9ClN2O3S2/c1-2-8-10(15)13-11(18-8)14-19(16,17)9-6-4-3-5-7(9)12/h2-6H,1H3,(H,13,14,15). The molecule has 0 spiro atoms. The number of amides is 1. The van der Waals surface area contributed by atoms with Gasteiger partial charge in [-0.05, 0) is 30.8 Å². The highest BCUT2D eigenvalue weighted by molar-refractivity contribution is 8.19. The predicted molar refractivity (Wildman–Crippen MR) is 75.6 cm³/mol. The molecule has 1 saturated heterocycles. The Balaban J connectivity index is 2.39. The minimum atomic E-state index is -3.94. The summed E-state index contributed by atoms with van der Waals surface area (Å²) in [5, 5.41) is 2.50. The maximum absolute atomic E-state index is 12.1. The van der Waals surface area contributed by atoms with E-state index in [-0.39, 0.29) is 21.0 Å². The average molecular weight is 317 g/mol. The van der Waals surface area contributed by atoms with E-state index >= 15 is 0 Å². The van der Waals surface area contributed by atoms with Gasteiger partial charge in [0.25, 0.3) is 15.9 Å². The van der Waals surface area contributed by atoms with Crippen molar-refractivity contribution in [2.24, 2.45) is 4.40 Å². The number of thioether (sulfide) groups is 1. The molecule has 5 nitrogen and oxygen atoms in total. The number of sulfonamides is 1. The molecule has 0 unspecified atom stereocenters. The topological polar surface area (TPSA) is 75.6 Å². The summed E-state index contributed by atoms with van der Waals surface area (Å²) in [6.45, 7) is 1.69. The van der Waals surface area contributed by atoms with Crippen LogP contribution >= 0.6 is 23.4 Å². The van der Waals surface area contributed by atoms with Crippen LogP contribution in [-0.2, 0) is 14.8 Å². The SMILES string of the molecule is CC=C1SC(=NS(=O)(=O)c2ccccc2Cl)NC1=O. The Labute approximate surface area is 119 Å². The molecule has 8 heteroatoms. The fraction of sp³-hybridized carbons (Fsp3) is 0.0909. The number of nitrogens with zero attached hydrogens (tertiary/aromatic N) is 1. The fourth-order valence-electron chi connectivity index (χ4n) is 1.38. The zero-order valence-corrected chi connectivity index (χ0v) is 12.1. The van der Waals surface area contributed by atoms with E-state index in [9.17, 15) is 13.2 Å². The van der Waals surface area contributed by atoms with E-state index in [1.807, 2.05) is 0 Å². The molecule has 0 aromatic heterocycles. The number of amidine groups is 1. The van der Waals surface area contributed by atoms with Gasteiger partial charge in [0.15, 0.2) is 5.17 Å². The Morgan fingerprint density at radius 1 is 1.37 bits per heavy atom. The van der Waals surface area contributed by atoms with E-state index in [2.05, 4.69) is 9.71 Å². The lowest BCUT2D eigenvalue weighted by Gasteiger charge is -2.01. The molecule has 1 N–H and O–H groups in total. The van der Waals surface area contributed by atoms with E-state index in [0.29, 0.717) is 4.91 Å². The Kier molecular flexibility index (Phi) is 3.98. The van der Waals surface area contributed by atoms with Gasteiger partial charge in [-0.2, -0.15) is 8.42 Å². The summed E-state index contributed by atoms with van der Waals surface area (Å²) in [5.74, 6) is -0.361. The smallest absolute Gasteiger partial charge is 0.286 e. The van der Waals surface area contributed by atoms with Crippen LogP contribution in [0.4, 0.5) is 0 Å². The summed E-state index contributed by atoms with van der Waals surface area (Å²) in [4.78, 5) is 11.7. The minimum absolute atomic E-state index is 0.0259. The molecule has 1 aliphatic heterocycles. The monoisotopic (exact) mass is 316 g/mol. The van der Waals surface area contributed by atoms with E-state index < -0.39 is 10.0 Å². The second-order valence-electron chi connectivity index (χ2n) is 3.51. The van der Waals surface area contributed by atoms with Crippen LogP contribution in [0.25, 0.3) is 0 Å². The fourth-order valence-corrected chi connectivity index (χ4v) is 3.79. The molecule has 19 heavy (non-hydrogen) atoms. The van der Waals surface area contributed by atoms with Crippen LogP contribution in [0.2, 0.25) is 5.02 Å². The molecule has 100 valence electrons. The first-order valence-corrected chi connectivity index (χ1v) is 7.82. The first-order valence-electron chi connectivity index (χ1n) is 5.19. The van der Waals surface area contributed by atoms with E-state index in [4.69, 9.17) is 11.6 Å². The number of rotatable bonds is 2. The number of allylic oxidation sites excluding steroid dienone is 1. The van der Waals surface area contributed by atoms with Crippen molar-refractivity contribution in [3.63, 3.8) is 0 Å². The molecule has 0 saturated carbocycles. The van der Waals surface area contributed by atoms with Gasteiger partial charge in [-0.3, -0.25) is 10.1 Å². The summed E-state index contributed by atoms with van der Waals surface area (Å²) in [5.41, 5.74) is 0. The van der Waals surface area contributed by atoms with Gasteiger partial charge >= 0.3 is 0 Å². The molecule has 1 aromatic carbocycles. The van der Waals surface area contributed by atoms with Crippen LogP contribution in [-0.4, -0.2) is 19.5 Å². The van der Waals surface area contributed by atoms with Crippen LogP contribution in [0, 0.1) is 0 Å². The maximum Gasteiger partial charge on any atom is 0.286 e. The van der Waals surface area contributed by atoms with Crippen molar-refractivity contribution in [3.8, 4) is 0 Å². The van der Waals surface area contributed by atoms with Crippen molar-refractivity contribution in [1.82, 2.24) is 5.32 Å². The summed E-state index contributed by atoms with van der Waals surface area (Å²) < 4.78 is 27.7. The number of carbonyl (C=O) groups is 1. The lowest BCUT2D eigenvalue weighted by Crippen LogP contribution is -2.20. The summed E-state index contributed by atoms with van der Waals surface area (Å²) in [6, 6.07) is 6.00. The third kappa shape index (κ3) is 2.99. The van der Waals surface area contributed by atoms with E-state index in [1.54, 1.807) is 25.1 Å². The number of nitrogens with one attached hydrogen (secondary N) is 1. The molecule has 1 amide bonds. The van der Waals surface area contributed by atoms with Crippen molar-refractivity contribution in [1.29, 1.82) is 0 Å². The molecule has 0 bridgehead atoms. The zero-order valence-electron chi connectivity index (χ0n) is 9.75. The maximum atomic E-state index is 12.1. The molecule has 0 atom stereocenters. The second-order valence-corrected chi connectivity index (χ2v) is 6.52. The summed E-state index contributed by atoms with van der Waals surface area (Å²) in [7, 11) is -3.94. The van der Waals surface area contributed by atoms with Gasteiger partial charge in [0.1, 0.15) is 4.90 Å². The van der Waals surface area contributed by atoms with E-state index in [0.717, 1.165) is 11.8 Å². The van der Waals surface area contributed by atoms with Gasteiger partial charge in [-0.1, -0.05) is 29.8 Å². The zero-order chi connectivity index (χ0) is 14.0. The Hall–Kier alpha value is -1.31. The predicted octanol–water partition coefficient (Wildman–Crippen LogP) is 2.15. The molecule has 1 heterocycles. The van der Waals surface area contributed by atoms with Crippen LogP contribution < -0.4 is 5.32 Å². The molecule has 1 aromatic rings. The first-order chi connectivity index (χ1) is 8.94. The quantitative estimate of drug-likeness (QED) is 0.848. The molecule has 0 aliphatic carbocycles. The third-order valence-electron chi connectivity index (χ3n) is 2.23. The van der Waals surface area contributed by atoms with Crippen molar-refractivity contribution in [2.75, 3.05) is 0 Å². The Bertz CT molecular complexity index is 696. The van der Waals surface area contributed by atoms with Gasteiger partial charge in [0.2, 0.25) is 0 Å². The lowest BCUT2D eigenvalue weighted by molar-refractivity contribution is -0.115. The Morgan fingerprint density at radius 3 is 2.63 bits per heavy atom. The largest absolute Gasteiger partial charge is 0.300 e. The van der Waals surface area contributed by atoms with Crippen LogP contribution in [0.1, 0.15) is 6.92 Å². The Morgan fingerprint density at radius 2 is 2.05 bits per heavy atom. The normalized spacial score (nSPS) is 20.0. The minimum Gasteiger partial charge on any atom is -0.300 e. The van der Waals surface area contributed by atoms with Crippen molar-refractivity contribution >= 4 is 44.5 Å². The molecular weight excluding hydrogens is 308 g/mol. The second kappa shape index (κ2) is 5.36. The van der Waals surface area contributed by atoms with Gasteiger partial charge in [0.05, 0.1) is 9.93 Å². The molecular formula is C11H9ClN2O3S2. The number of hydrogen-bond acceptors (Lipinski definition) is 4. The number of hydrogen-bond donors (Lipinski definition) is 1. The molecule has 0 radical (unpaired) electrons. The highest BCUT2D eigenvalue weighted by atomic mass is 35.5. The number of carbonyl (C=O) groups excluding carboxylic acids is 1. The van der Waals surface area contributed by atoms with Crippen LogP contribution in [0.5, 0.6) is 0 Å². The molecule has 1 fully saturated rings. The summed E-state index contributed by atoms with van der Waals surface area (Å²) >= 11 is 6.80. The highest BCUT2D eigenvalue weighted by Gasteiger charge is 2.26. The van der Waals surface area contributed by atoms with Crippen LogP contribution in [0.15, 0.2) is 44.5 Å². The van der Waals surface area contributed by atoms with Crippen molar-refractivity contribution in [2.45, 2.75) is 11.8 Å². The lowest BCUT2D eigenvalue weighted by atomic mass is 10.4. The molecule has 2 rings (SSSR count). The number of halogens is 1. The third-order valence-corrected chi connectivity index (χ3v) is 5.15. The van der Waals surface area contributed by atoms with Gasteiger partial charge in [-0.15, -0.1) is 4.40 Å². The van der Waals surface area contributed by atoms with Crippen LogP contribution in [0.3, 0.4) is 0 Å². The number of benzene rings is 1. The molecule has 1 aliphatic rings. The van der Waals surface area contributed by atoms with Crippen molar-refractivity contribution in [3.05, 3.63) is 40.3 Å². The first kappa shape index (κ1) is 14.1. The van der Waals surface area contributed by atoms with E-state index in [1.165, 1.54) is 12.1 Å².